The number of aromatic nitrogens is 1. The van der Waals surface area contributed by atoms with Crippen molar-refractivity contribution >= 4 is 0 Å². The van der Waals surface area contributed by atoms with Crippen LogP contribution in [0.1, 0.15) is 11.3 Å². The number of hydrogen-bond acceptors (Lipinski definition) is 2. The van der Waals surface area contributed by atoms with Crippen molar-refractivity contribution in [1.29, 1.82) is 5.26 Å². The highest BCUT2D eigenvalue weighted by molar-refractivity contribution is 5.57. The van der Waals surface area contributed by atoms with Crippen LogP contribution in [-0.4, -0.2) is 0 Å². The molecule has 3 heteroatoms. The van der Waals surface area contributed by atoms with E-state index in [0.717, 1.165) is 11.1 Å². The second kappa shape index (κ2) is 4.03. The second-order valence-corrected chi connectivity index (χ2v) is 3.57. The molecule has 3 nitrogen and oxygen atoms in total. The van der Waals surface area contributed by atoms with Gasteiger partial charge in [-0.15, -0.1) is 0 Å². The second-order valence-electron chi connectivity index (χ2n) is 3.57. The smallest absolute Gasteiger partial charge is 0.295 e. The van der Waals surface area contributed by atoms with E-state index in [2.05, 4.69) is 0 Å². The predicted molar refractivity (Wildman–Crippen MR) is 60.3 cm³/mol. The molecule has 16 heavy (non-hydrogen) atoms. The normalized spacial score (nSPS) is 9.75. The average Bonchev–Trinajstić information content (AvgIpc) is 2.29. The van der Waals surface area contributed by atoms with E-state index in [4.69, 9.17) is 5.26 Å². The van der Waals surface area contributed by atoms with Crippen molar-refractivity contribution < 1.29 is 4.73 Å². The fourth-order valence-electron chi connectivity index (χ4n) is 1.60. The van der Waals surface area contributed by atoms with Gasteiger partial charge in [-0.1, -0.05) is 17.7 Å². The van der Waals surface area contributed by atoms with Crippen molar-refractivity contribution in [3.63, 3.8) is 0 Å². The van der Waals surface area contributed by atoms with Crippen LogP contribution in [0.2, 0.25) is 0 Å². The van der Waals surface area contributed by atoms with Crippen molar-refractivity contribution in [1.82, 2.24) is 0 Å². The lowest BCUT2D eigenvalue weighted by Gasteiger charge is -2.05. The summed E-state index contributed by atoms with van der Waals surface area (Å²) in [5.41, 5.74) is 2.52. The number of pyridine rings is 1. The molecule has 0 unspecified atom stereocenters. The first-order chi connectivity index (χ1) is 7.72. The molecule has 1 aromatic carbocycles. The average molecular weight is 210 g/mol. The van der Waals surface area contributed by atoms with Crippen molar-refractivity contribution in [2.75, 3.05) is 0 Å². The van der Waals surface area contributed by atoms with Gasteiger partial charge in [0.2, 0.25) is 5.69 Å². The molecule has 0 amide bonds. The monoisotopic (exact) mass is 210 g/mol. The standard InChI is InChI=1S/C13H10N2O/c1-10-4-2-5-11(8-10)13-7-3-6-12(9-14)15(13)16/h2-8H,1H3. The summed E-state index contributed by atoms with van der Waals surface area (Å²) in [6, 6.07) is 14.4. The van der Waals surface area contributed by atoms with Crippen molar-refractivity contribution in [3.8, 4) is 17.3 Å². The summed E-state index contributed by atoms with van der Waals surface area (Å²) >= 11 is 0. The van der Waals surface area contributed by atoms with E-state index < -0.39 is 0 Å². The lowest BCUT2D eigenvalue weighted by atomic mass is 10.1. The van der Waals surface area contributed by atoms with E-state index in [1.165, 1.54) is 6.07 Å². The molecular formula is C13H10N2O. The number of rotatable bonds is 1. The molecule has 0 aliphatic rings. The topological polar surface area (TPSA) is 50.7 Å². The Balaban J connectivity index is 2.62. The minimum atomic E-state index is 0.110. The van der Waals surface area contributed by atoms with E-state index in [0.29, 0.717) is 10.4 Å². The van der Waals surface area contributed by atoms with Gasteiger partial charge in [-0.25, -0.2) is 0 Å². The SMILES string of the molecule is Cc1cccc(-c2cccc(C#N)[n+]2[O-])c1. The third-order valence-corrected chi connectivity index (χ3v) is 2.37. The first-order valence-corrected chi connectivity index (χ1v) is 4.92. The zero-order valence-electron chi connectivity index (χ0n) is 8.84. The van der Waals surface area contributed by atoms with Crippen molar-refractivity contribution in [2.24, 2.45) is 0 Å². The summed E-state index contributed by atoms with van der Waals surface area (Å²) in [5.74, 6) is 0. The van der Waals surface area contributed by atoms with E-state index >= 15 is 0 Å². The van der Waals surface area contributed by atoms with E-state index in [1.807, 2.05) is 37.3 Å². The molecular weight excluding hydrogens is 200 g/mol. The lowest BCUT2D eigenvalue weighted by molar-refractivity contribution is -0.596. The number of nitriles is 1. The Labute approximate surface area is 93.8 Å². The molecule has 2 aromatic rings. The molecule has 0 spiro atoms. The molecule has 78 valence electrons. The van der Waals surface area contributed by atoms with Crippen LogP contribution in [0.4, 0.5) is 0 Å². The number of benzene rings is 1. The van der Waals surface area contributed by atoms with Gasteiger partial charge in [0.1, 0.15) is 0 Å². The van der Waals surface area contributed by atoms with Gasteiger partial charge >= 0.3 is 0 Å². The number of aryl methyl sites for hydroxylation is 1. The molecule has 0 bridgehead atoms. The van der Waals surface area contributed by atoms with Crippen LogP contribution < -0.4 is 4.73 Å². The first kappa shape index (κ1) is 10.2. The lowest BCUT2D eigenvalue weighted by Crippen LogP contribution is -2.32. The largest absolute Gasteiger partial charge is 0.617 e. The Hall–Kier alpha value is -2.34. The molecule has 1 aromatic heterocycles. The minimum Gasteiger partial charge on any atom is -0.617 e. The van der Waals surface area contributed by atoms with Crippen LogP contribution in [0.15, 0.2) is 42.5 Å². The Bertz CT molecular complexity index is 570. The minimum absolute atomic E-state index is 0.110. The molecule has 0 N–H and O–H groups in total. The van der Waals surface area contributed by atoms with Gasteiger partial charge in [0.05, 0.1) is 0 Å². The maximum atomic E-state index is 11.8. The highest BCUT2D eigenvalue weighted by Crippen LogP contribution is 2.16. The highest BCUT2D eigenvalue weighted by Gasteiger charge is 2.12. The molecule has 0 saturated heterocycles. The van der Waals surface area contributed by atoms with Crippen LogP contribution in [0.5, 0.6) is 0 Å². The van der Waals surface area contributed by atoms with E-state index in [1.54, 1.807) is 12.1 Å². The zero-order chi connectivity index (χ0) is 11.5. The number of nitrogens with zero attached hydrogens (tertiary/aromatic N) is 2. The molecule has 0 aliphatic heterocycles. The van der Waals surface area contributed by atoms with E-state index in [9.17, 15) is 5.21 Å². The molecule has 0 radical (unpaired) electrons. The fraction of sp³-hybridized carbons (Fsp3) is 0.0769. The van der Waals surface area contributed by atoms with Gasteiger partial charge in [-0.3, -0.25) is 0 Å². The van der Waals surface area contributed by atoms with Crippen molar-refractivity contribution in [2.45, 2.75) is 6.92 Å². The molecule has 1 heterocycles. The van der Waals surface area contributed by atoms with Crippen LogP contribution in [0.25, 0.3) is 11.3 Å². The maximum absolute atomic E-state index is 11.8. The Morgan fingerprint density at radius 3 is 2.62 bits per heavy atom. The van der Waals surface area contributed by atoms with Gasteiger partial charge in [-0.05, 0) is 25.1 Å². The van der Waals surface area contributed by atoms with Gasteiger partial charge in [0.25, 0.3) is 5.69 Å². The number of hydrogen-bond donors (Lipinski definition) is 0. The quantitative estimate of drug-likeness (QED) is 0.535. The van der Waals surface area contributed by atoms with Gasteiger partial charge in [-0.2, -0.15) is 9.99 Å². The summed E-state index contributed by atoms with van der Waals surface area (Å²) < 4.78 is 0.661. The van der Waals surface area contributed by atoms with Gasteiger partial charge in [0.15, 0.2) is 6.07 Å². The predicted octanol–water partition coefficient (Wildman–Crippen LogP) is 2.17. The Morgan fingerprint density at radius 1 is 1.19 bits per heavy atom. The maximum Gasteiger partial charge on any atom is 0.295 e. The van der Waals surface area contributed by atoms with Crippen LogP contribution in [-0.2, 0) is 0 Å². The third-order valence-electron chi connectivity index (χ3n) is 2.37. The summed E-state index contributed by atoms with van der Waals surface area (Å²) in [7, 11) is 0. The van der Waals surface area contributed by atoms with Gasteiger partial charge < -0.3 is 5.21 Å². The van der Waals surface area contributed by atoms with Crippen LogP contribution in [0.3, 0.4) is 0 Å². The molecule has 2 rings (SSSR count). The molecule has 0 fully saturated rings. The fourth-order valence-corrected chi connectivity index (χ4v) is 1.60. The van der Waals surface area contributed by atoms with Crippen molar-refractivity contribution in [3.05, 3.63) is 58.9 Å². The third kappa shape index (κ3) is 1.73. The molecule has 0 atom stereocenters. The van der Waals surface area contributed by atoms with Crippen LogP contribution >= 0.6 is 0 Å². The Kier molecular flexibility index (Phi) is 2.57. The summed E-state index contributed by atoms with van der Waals surface area (Å²) in [4.78, 5) is 0. The molecule has 0 aliphatic carbocycles. The zero-order valence-corrected chi connectivity index (χ0v) is 8.84. The van der Waals surface area contributed by atoms with Crippen LogP contribution in [0, 0.1) is 23.5 Å². The molecule has 0 saturated carbocycles. The Morgan fingerprint density at radius 2 is 1.94 bits per heavy atom. The summed E-state index contributed by atoms with van der Waals surface area (Å²) in [6.07, 6.45) is 0. The highest BCUT2D eigenvalue weighted by atomic mass is 16.5. The van der Waals surface area contributed by atoms with Gasteiger partial charge in [0, 0.05) is 17.7 Å². The summed E-state index contributed by atoms with van der Waals surface area (Å²) in [6.45, 7) is 1.97. The first-order valence-electron chi connectivity index (χ1n) is 4.92. The van der Waals surface area contributed by atoms with E-state index in [-0.39, 0.29) is 5.69 Å². The summed E-state index contributed by atoms with van der Waals surface area (Å²) in [5, 5.41) is 20.6.